The normalized spacial score (nSPS) is 14.9. The Hall–Kier alpha value is -0.500. The smallest absolute Gasteiger partial charge is 0.457 e. The van der Waals surface area contributed by atoms with Crippen molar-refractivity contribution in [1.82, 2.24) is 0 Å². The quantitative estimate of drug-likeness (QED) is 0.111. The summed E-state index contributed by atoms with van der Waals surface area (Å²) in [5.41, 5.74) is 0. The fraction of sp³-hybridized carbons (Fsp3) is 0.955. The zero-order valence-corrected chi connectivity index (χ0v) is 21.1. The average molecular weight is 469 g/mol. The van der Waals surface area contributed by atoms with E-state index in [0.717, 1.165) is 19.3 Å². The van der Waals surface area contributed by atoms with E-state index in [1.54, 1.807) is 0 Å². The Kier molecular flexibility index (Phi) is 17.7. The van der Waals surface area contributed by atoms with Gasteiger partial charge >= 0.3 is 13.8 Å². The Morgan fingerprint density at radius 1 is 0.903 bits per heavy atom. The van der Waals surface area contributed by atoms with Crippen LogP contribution >= 0.6 is 7.82 Å². The molecule has 0 aliphatic heterocycles. The molecular formula is C22H47NO7P+. The number of quaternary nitrogens is 1. The Bertz CT molecular complexity index is 497. The van der Waals surface area contributed by atoms with Crippen molar-refractivity contribution in [2.45, 2.75) is 90.1 Å². The molecule has 8 nitrogen and oxygen atoms in total. The fourth-order valence-corrected chi connectivity index (χ4v) is 3.69. The van der Waals surface area contributed by atoms with Crippen LogP contribution < -0.4 is 0 Å². The van der Waals surface area contributed by atoms with Crippen LogP contribution in [0.2, 0.25) is 0 Å². The van der Waals surface area contributed by atoms with E-state index in [9.17, 15) is 19.4 Å². The van der Waals surface area contributed by atoms with Crippen LogP contribution in [0.4, 0.5) is 0 Å². The first-order valence-electron chi connectivity index (χ1n) is 11.8. The van der Waals surface area contributed by atoms with E-state index in [-0.39, 0.29) is 13.0 Å². The van der Waals surface area contributed by atoms with Crippen molar-refractivity contribution < 1.29 is 37.6 Å². The monoisotopic (exact) mass is 468 g/mol. The van der Waals surface area contributed by atoms with Crippen LogP contribution in [-0.2, 0) is 23.1 Å². The Morgan fingerprint density at radius 2 is 1.42 bits per heavy atom. The average Bonchev–Trinajstić information content (AvgIpc) is 2.68. The first-order valence-corrected chi connectivity index (χ1v) is 13.3. The predicted octanol–water partition coefficient (Wildman–Crippen LogP) is 4.43. The molecule has 186 valence electrons. The molecule has 2 N–H and O–H groups in total. The number of aliphatic hydroxyl groups excluding tert-OH is 1. The van der Waals surface area contributed by atoms with Gasteiger partial charge in [0.25, 0.3) is 0 Å². The number of rotatable bonds is 21. The van der Waals surface area contributed by atoms with E-state index in [1.165, 1.54) is 51.4 Å². The summed E-state index contributed by atoms with van der Waals surface area (Å²) in [5.74, 6) is -0.433. The minimum absolute atomic E-state index is 0.0553. The van der Waals surface area contributed by atoms with Crippen molar-refractivity contribution >= 4 is 13.8 Å². The Balaban J connectivity index is 3.81. The van der Waals surface area contributed by atoms with Crippen molar-refractivity contribution in [3.63, 3.8) is 0 Å². The zero-order chi connectivity index (χ0) is 23.6. The van der Waals surface area contributed by atoms with Crippen LogP contribution in [0, 0.1) is 0 Å². The van der Waals surface area contributed by atoms with Gasteiger partial charge in [-0.25, -0.2) is 4.57 Å². The van der Waals surface area contributed by atoms with E-state index in [0.29, 0.717) is 11.0 Å². The minimum atomic E-state index is -4.25. The lowest BCUT2D eigenvalue weighted by atomic mass is 10.1. The van der Waals surface area contributed by atoms with Gasteiger partial charge in [0.15, 0.2) is 0 Å². The van der Waals surface area contributed by atoms with Crippen LogP contribution in [-0.4, -0.2) is 74.1 Å². The van der Waals surface area contributed by atoms with Crippen LogP contribution in [0.1, 0.15) is 84.0 Å². The van der Waals surface area contributed by atoms with E-state index < -0.39 is 33.1 Å². The number of likely N-dealkylation sites (N-methyl/N-ethyl adjacent to an activating group) is 1. The van der Waals surface area contributed by atoms with Gasteiger partial charge in [-0.1, -0.05) is 71.1 Å². The van der Waals surface area contributed by atoms with E-state index >= 15 is 0 Å². The summed E-state index contributed by atoms with van der Waals surface area (Å²) in [6.45, 7) is 1.94. The molecule has 9 heteroatoms. The molecule has 2 atom stereocenters. The number of carbonyl (C=O) groups excluding carboxylic acids is 1. The number of hydrogen-bond donors (Lipinski definition) is 2. The van der Waals surface area contributed by atoms with Gasteiger partial charge in [0.2, 0.25) is 0 Å². The summed E-state index contributed by atoms with van der Waals surface area (Å²) in [6, 6.07) is 0. The predicted molar refractivity (Wildman–Crippen MR) is 123 cm³/mol. The second-order valence-electron chi connectivity index (χ2n) is 9.19. The number of unbranched alkanes of at least 4 members (excludes halogenated alkanes) is 10. The first kappa shape index (κ1) is 30.5. The number of aliphatic hydroxyl groups is 1. The summed E-state index contributed by atoms with van der Waals surface area (Å²) in [5, 5.41) is 9.34. The third-order valence-electron chi connectivity index (χ3n) is 4.93. The molecule has 0 fully saturated rings. The van der Waals surface area contributed by atoms with Crippen LogP contribution in [0.5, 0.6) is 0 Å². The number of nitrogens with zero attached hydrogens (tertiary/aromatic N) is 1. The van der Waals surface area contributed by atoms with Crippen molar-refractivity contribution in [2.75, 3.05) is 47.5 Å². The number of esters is 1. The number of ether oxygens (including phenoxy) is 1. The standard InChI is InChI=1S/C22H46NO7P/c1-5-6-7-8-9-10-11-12-13-14-15-16-22(25)30-21(19-24)20-29-31(26,27)28-18-17-23(2,3)4/h21,24H,5-20H2,1-4H3/p+1/t21-/m1/s1. The maximum Gasteiger partial charge on any atom is 0.472 e. The molecule has 0 heterocycles. The topological polar surface area (TPSA) is 102 Å². The molecule has 0 saturated carbocycles. The minimum Gasteiger partial charge on any atom is -0.457 e. The van der Waals surface area contributed by atoms with Crippen molar-refractivity contribution in [3.05, 3.63) is 0 Å². The third-order valence-corrected chi connectivity index (χ3v) is 5.91. The summed E-state index contributed by atoms with van der Waals surface area (Å²) in [6.07, 6.45) is 12.4. The number of carbonyl (C=O) groups is 1. The number of hydrogen-bond acceptors (Lipinski definition) is 6. The highest BCUT2D eigenvalue weighted by molar-refractivity contribution is 7.47. The zero-order valence-electron chi connectivity index (χ0n) is 20.2. The van der Waals surface area contributed by atoms with Gasteiger partial charge in [0, 0.05) is 6.42 Å². The van der Waals surface area contributed by atoms with Gasteiger partial charge in [0.1, 0.15) is 19.3 Å². The highest BCUT2D eigenvalue weighted by Gasteiger charge is 2.25. The molecule has 0 aliphatic carbocycles. The van der Waals surface area contributed by atoms with E-state index in [1.807, 2.05) is 21.1 Å². The van der Waals surface area contributed by atoms with Gasteiger partial charge in [-0.15, -0.1) is 0 Å². The lowest BCUT2D eigenvalue weighted by Crippen LogP contribution is -2.37. The second kappa shape index (κ2) is 18.0. The van der Waals surface area contributed by atoms with Gasteiger partial charge in [0.05, 0.1) is 34.4 Å². The molecule has 1 unspecified atom stereocenters. The number of phosphoric ester groups is 1. The highest BCUT2D eigenvalue weighted by Crippen LogP contribution is 2.43. The summed E-state index contributed by atoms with van der Waals surface area (Å²) < 4.78 is 27.3. The summed E-state index contributed by atoms with van der Waals surface area (Å²) in [4.78, 5) is 21.6. The maximum absolute atomic E-state index is 11.9. The van der Waals surface area contributed by atoms with Crippen LogP contribution in [0.15, 0.2) is 0 Å². The molecule has 0 rings (SSSR count). The highest BCUT2D eigenvalue weighted by atomic mass is 31.2. The van der Waals surface area contributed by atoms with Gasteiger partial charge < -0.3 is 19.2 Å². The van der Waals surface area contributed by atoms with Gasteiger partial charge in [-0.3, -0.25) is 13.8 Å². The molecule has 0 amide bonds. The molecule has 0 saturated heterocycles. The fourth-order valence-electron chi connectivity index (χ4n) is 2.95. The van der Waals surface area contributed by atoms with E-state index in [4.69, 9.17) is 13.8 Å². The molecule has 0 aliphatic rings. The van der Waals surface area contributed by atoms with Crippen molar-refractivity contribution in [2.24, 2.45) is 0 Å². The SMILES string of the molecule is CCCCCCCCCCCCCC(=O)O[C@H](CO)COP(=O)(O)OCC[N+](C)(C)C. The molecule has 0 radical (unpaired) electrons. The molecule has 0 bridgehead atoms. The molecule has 0 spiro atoms. The summed E-state index contributed by atoms with van der Waals surface area (Å²) in [7, 11) is 1.55. The molecular weight excluding hydrogens is 421 g/mol. The molecule has 0 aromatic heterocycles. The Labute approximate surface area is 189 Å². The second-order valence-corrected chi connectivity index (χ2v) is 10.6. The largest absolute Gasteiger partial charge is 0.472 e. The molecule has 31 heavy (non-hydrogen) atoms. The van der Waals surface area contributed by atoms with Gasteiger partial charge in [-0.2, -0.15) is 0 Å². The van der Waals surface area contributed by atoms with Crippen LogP contribution in [0.25, 0.3) is 0 Å². The third kappa shape index (κ3) is 21.1. The summed E-state index contributed by atoms with van der Waals surface area (Å²) >= 11 is 0. The van der Waals surface area contributed by atoms with Crippen LogP contribution in [0.3, 0.4) is 0 Å². The Morgan fingerprint density at radius 3 is 1.90 bits per heavy atom. The lowest BCUT2D eigenvalue weighted by molar-refractivity contribution is -0.870. The number of phosphoric acid groups is 1. The molecule has 0 aromatic carbocycles. The molecule has 0 aromatic rings. The van der Waals surface area contributed by atoms with Gasteiger partial charge in [-0.05, 0) is 6.42 Å². The van der Waals surface area contributed by atoms with Crippen molar-refractivity contribution in [1.29, 1.82) is 0 Å². The van der Waals surface area contributed by atoms with Crippen molar-refractivity contribution in [3.8, 4) is 0 Å². The first-order chi connectivity index (χ1) is 14.6. The lowest BCUT2D eigenvalue weighted by Gasteiger charge is -2.24. The maximum atomic E-state index is 11.9. The van der Waals surface area contributed by atoms with E-state index in [2.05, 4.69) is 6.92 Å².